The van der Waals surface area contributed by atoms with Crippen LogP contribution in [0.25, 0.3) is 0 Å². The topological polar surface area (TPSA) is 29.1 Å². The maximum atomic E-state index is 11.6. The fraction of sp³-hybridized carbons (Fsp3) is 0.462. The van der Waals surface area contributed by atoms with Gasteiger partial charge >= 0.3 is 0 Å². The predicted molar refractivity (Wildman–Crippen MR) is 60.4 cm³/mol. The lowest BCUT2D eigenvalue weighted by Gasteiger charge is -2.16. The average Bonchev–Trinajstić information content (AvgIpc) is 3.02. The molecule has 15 heavy (non-hydrogen) atoms. The maximum absolute atomic E-state index is 11.6. The molecular formula is C13H15NO. The first kappa shape index (κ1) is 8.96. The first-order valence-corrected chi connectivity index (χ1v) is 5.75. The number of rotatable bonds is 2. The van der Waals surface area contributed by atoms with Gasteiger partial charge in [0.25, 0.3) is 0 Å². The molecule has 0 spiro atoms. The Morgan fingerprint density at radius 1 is 1.20 bits per heavy atom. The summed E-state index contributed by atoms with van der Waals surface area (Å²) < 4.78 is 0. The normalized spacial score (nSPS) is 19.9. The lowest BCUT2D eigenvalue weighted by molar-refractivity contribution is 0.0972. The molecule has 0 bridgehead atoms. The van der Waals surface area contributed by atoms with E-state index in [1.165, 1.54) is 24.1 Å². The first-order chi connectivity index (χ1) is 7.33. The molecule has 3 rings (SSSR count). The third kappa shape index (κ3) is 1.76. The zero-order valence-electron chi connectivity index (χ0n) is 8.75. The monoisotopic (exact) mass is 201 g/mol. The van der Waals surface area contributed by atoms with Crippen LogP contribution >= 0.6 is 0 Å². The van der Waals surface area contributed by atoms with Crippen molar-refractivity contribution in [1.29, 1.82) is 0 Å². The van der Waals surface area contributed by atoms with Gasteiger partial charge in [0, 0.05) is 23.7 Å². The average molecular weight is 201 g/mol. The molecule has 0 amide bonds. The second-order valence-corrected chi connectivity index (χ2v) is 4.57. The van der Waals surface area contributed by atoms with Gasteiger partial charge in [0.1, 0.15) is 0 Å². The van der Waals surface area contributed by atoms with Gasteiger partial charge in [-0.3, -0.25) is 4.79 Å². The van der Waals surface area contributed by atoms with Crippen LogP contribution in [0.2, 0.25) is 0 Å². The summed E-state index contributed by atoms with van der Waals surface area (Å²) in [5.74, 6) is 0.314. The van der Waals surface area contributed by atoms with E-state index in [9.17, 15) is 4.79 Å². The Bertz CT molecular complexity index is 407. The number of ketones is 1. The summed E-state index contributed by atoms with van der Waals surface area (Å²) in [7, 11) is 0. The van der Waals surface area contributed by atoms with Crippen LogP contribution in [0, 0.1) is 0 Å². The first-order valence-electron chi connectivity index (χ1n) is 5.75. The standard InChI is InChI=1S/C13H15NO/c15-13-3-1-2-9-8-11(6-7-12(9)13)14-10-4-5-10/h6-8,10,14H,1-5H2. The van der Waals surface area contributed by atoms with Crippen LogP contribution in [0.5, 0.6) is 0 Å². The zero-order chi connectivity index (χ0) is 10.3. The molecule has 1 fully saturated rings. The molecule has 0 aromatic heterocycles. The van der Waals surface area contributed by atoms with Crippen molar-refractivity contribution in [3.8, 4) is 0 Å². The molecule has 1 saturated carbocycles. The number of aryl methyl sites for hydroxylation is 1. The number of carbonyl (C=O) groups excluding carboxylic acids is 1. The Labute approximate surface area is 89.7 Å². The molecule has 1 aromatic carbocycles. The largest absolute Gasteiger partial charge is 0.382 e. The van der Waals surface area contributed by atoms with Crippen molar-refractivity contribution >= 4 is 11.5 Å². The van der Waals surface area contributed by atoms with Gasteiger partial charge in [-0.1, -0.05) is 0 Å². The molecule has 0 unspecified atom stereocenters. The molecule has 0 saturated heterocycles. The van der Waals surface area contributed by atoms with Crippen LogP contribution < -0.4 is 5.32 Å². The lowest BCUT2D eigenvalue weighted by Crippen LogP contribution is -2.11. The van der Waals surface area contributed by atoms with Crippen molar-refractivity contribution in [3.05, 3.63) is 29.3 Å². The zero-order valence-corrected chi connectivity index (χ0v) is 8.75. The summed E-state index contributed by atoms with van der Waals surface area (Å²) in [4.78, 5) is 11.6. The Morgan fingerprint density at radius 2 is 2.07 bits per heavy atom. The Morgan fingerprint density at radius 3 is 2.87 bits per heavy atom. The second-order valence-electron chi connectivity index (χ2n) is 4.57. The van der Waals surface area contributed by atoms with Gasteiger partial charge in [0.05, 0.1) is 0 Å². The van der Waals surface area contributed by atoms with E-state index < -0.39 is 0 Å². The van der Waals surface area contributed by atoms with Crippen molar-refractivity contribution in [3.63, 3.8) is 0 Å². The highest BCUT2D eigenvalue weighted by Crippen LogP contribution is 2.28. The molecule has 2 nitrogen and oxygen atoms in total. The quantitative estimate of drug-likeness (QED) is 0.797. The van der Waals surface area contributed by atoms with Crippen LogP contribution in [-0.2, 0) is 6.42 Å². The van der Waals surface area contributed by atoms with Crippen molar-refractivity contribution < 1.29 is 4.79 Å². The van der Waals surface area contributed by atoms with E-state index >= 15 is 0 Å². The molecule has 2 aliphatic carbocycles. The van der Waals surface area contributed by atoms with Gasteiger partial charge in [0.2, 0.25) is 0 Å². The van der Waals surface area contributed by atoms with Crippen molar-refractivity contribution in [2.75, 3.05) is 5.32 Å². The smallest absolute Gasteiger partial charge is 0.163 e. The molecule has 78 valence electrons. The molecule has 1 N–H and O–H groups in total. The number of hydrogen-bond acceptors (Lipinski definition) is 2. The number of fused-ring (bicyclic) bond motifs is 1. The van der Waals surface area contributed by atoms with Crippen molar-refractivity contribution in [1.82, 2.24) is 0 Å². The van der Waals surface area contributed by atoms with Crippen molar-refractivity contribution in [2.24, 2.45) is 0 Å². The van der Waals surface area contributed by atoms with Gasteiger partial charge < -0.3 is 5.32 Å². The molecule has 0 radical (unpaired) electrons. The third-order valence-corrected chi connectivity index (χ3v) is 3.20. The number of benzene rings is 1. The number of nitrogens with one attached hydrogen (secondary N) is 1. The fourth-order valence-electron chi connectivity index (χ4n) is 2.20. The molecule has 0 heterocycles. The maximum Gasteiger partial charge on any atom is 0.163 e. The van der Waals surface area contributed by atoms with Gasteiger partial charge in [-0.25, -0.2) is 0 Å². The van der Waals surface area contributed by atoms with Crippen LogP contribution in [0.1, 0.15) is 41.6 Å². The van der Waals surface area contributed by atoms with E-state index in [-0.39, 0.29) is 0 Å². The van der Waals surface area contributed by atoms with Gasteiger partial charge in [-0.15, -0.1) is 0 Å². The lowest BCUT2D eigenvalue weighted by atomic mass is 9.90. The van der Waals surface area contributed by atoms with Gasteiger partial charge in [-0.2, -0.15) is 0 Å². The summed E-state index contributed by atoms with van der Waals surface area (Å²) in [5.41, 5.74) is 3.37. The highest BCUT2D eigenvalue weighted by molar-refractivity contribution is 5.98. The van der Waals surface area contributed by atoms with E-state index in [0.29, 0.717) is 11.8 Å². The molecule has 1 aromatic rings. The molecule has 0 aliphatic heterocycles. The number of carbonyl (C=O) groups is 1. The molecular weight excluding hydrogens is 186 g/mol. The van der Waals surface area contributed by atoms with E-state index in [4.69, 9.17) is 0 Å². The second kappa shape index (κ2) is 3.37. The van der Waals surface area contributed by atoms with Gasteiger partial charge in [0.15, 0.2) is 5.78 Å². The summed E-state index contributed by atoms with van der Waals surface area (Å²) in [6, 6.07) is 6.87. The van der Waals surface area contributed by atoms with E-state index in [0.717, 1.165) is 24.8 Å². The minimum absolute atomic E-state index is 0.314. The summed E-state index contributed by atoms with van der Waals surface area (Å²) in [5, 5.41) is 3.47. The summed E-state index contributed by atoms with van der Waals surface area (Å²) in [6.07, 6.45) is 5.37. The molecule has 0 atom stereocenters. The van der Waals surface area contributed by atoms with Crippen LogP contribution in [0.3, 0.4) is 0 Å². The fourth-order valence-corrected chi connectivity index (χ4v) is 2.20. The highest BCUT2D eigenvalue weighted by atomic mass is 16.1. The van der Waals surface area contributed by atoms with Crippen LogP contribution in [0.4, 0.5) is 5.69 Å². The van der Waals surface area contributed by atoms with Crippen molar-refractivity contribution in [2.45, 2.75) is 38.1 Å². The minimum Gasteiger partial charge on any atom is -0.382 e. The highest BCUT2D eigenvalue weighted by Gasteiger charge is 2.22. The van der Waals surface area contributed by atoms with Gasteiger partial charge in [-0.05, 0) is 49.4 Å². The number of anilines is 1. The summed E-state index contributed by atoms with van der Waals surface area (Å²) >= 11 is 0. The summed E-state index contributed by atoms with van der Waals surface area (Å²) in [6.45, 7) is 0. The number of hydrogen-bond donors (Lipinski definition) is 1. The third-order valence-electron chi connectivity index (χ3n) is 3.20. The van der Waals surface area contributed by atoms with Crippen LogP contribution in [0.15, 0.2) is 18.2 Å². The molecule has 2 aliphatic rings. The SMILES string of the molecule is O=C1CCCc2cc(NC3CC3)ccc21. The Hall–Kier alpha value is -1.31. The molecule has 2 heteroatoms. The number of Topliss-reactive ketones (excluding diaryl/α,β-unsaturated/α-hetero) is 1. The predicted octanol–water partition coefficient (Wildman–Crippen LogP) is 2.78. The Balaban J connectivity index is 1.90. The van der Waals surface area contributed by atoms with E-state index in [1.807, 2.05) is 12.1 Å². The minimum atomic E-state index is 0.314. The van der Waals surface area contributed by atoms with E-state index in [1.54, 1.807) is 0 Å². The van der Waals surface area contributed by atoms with Crippen LogP contribution in [-0.4, -0.2) is 11.8 Å². The Kier molecular flexibility index (Phi) is 2.01. The van der Waals surface area contributed by atoms with E-state index in [2.05, 4.69) is 11.4 Å².